The Kier molecular flexibility index (Phi) is 5.64. The third-order valence-electron chi connectivity index (χ3n) is 3.71. The number of anilines is 3. The van der Waals surface area contributed by atoms with Crippen molar-refractivity contribution in [2.45, 2.75) is 24.8 Å². The maximum atomic E-state index is 13.9. The first-order valence-corrected chi connectivity index (χ1v) is 10.6. The number of benzene rings is 2. The second kappa shape index (κ2) is 8.00. The van der Waals surface area contributed by atoms with E-state index < -0.39 is 15.7 Å². The van der Waals surface area contributed by atoms with E-state index in [0.29, 0.717) is 5.56 Å². The molecule has 0 amide bonds. The zero-order valence-electron chi connectivity index (χ0n) is 16.0. The molecule has 0 fully saturated rings. The van der Waals surface area contributed by atoms with Gasteiger partial charge in [0.15, 0.2) is 15.7 Å². The average molecular weight is 417 g/mol. The summed E-state index contributed by atoms with van der Waals surface area (Å²) in [7, 11) is -3.59. The van der Waals surface area contributed by atoms with Crippen molar-refractivity contribution in [1.29, 1.82) is 0 Å². The first-order valence-electron chi connectivity index (χ1n) is 8.70. The van der Waals surface area contributed by atoms with E-state index in [0.717, 1.165) is 18.4 Å². The van der Waals surface area contributed by atoms with Gasteiger partial charge in [0, 0.05) is 23.5 Å². The number of nitrogens with one attached hydrogen (secondary N) is 2. The van der Waals surface area contributed by atoms with Crippen LogP contribution in [0.25, 0.3) is 11.4 Å². The highest BCUT2D eigenvalue weighted by atomic mass is 32.2. The van der Waals surface area contributed by atoms with E-state index in [1.165, 1.54) is 18.2 Å². The second-order valence-corrected chi connectivity index (χ2v) is 8.74. The van der Waals surface area contributed by atoms with Crippen molar-refractivity contribution in [3.05, 3.63) is 48.3 Å². The predicted octanol–water partition coefficient (Wildman–Crippen LogP) is 3.35. The highest BCUT2D eigenvalue weighted by molar-refractivity contribution is 7.90. The Balaban J connectivity index is 2.05. The van der Waals surface area contributed by atoms with Crippen LogP contribution in [-0.2, 0) is 9.84 Å². The number of phenols is 1. The van der Waals surface area contributed by atoms with Crippen LogP contribution in [0.15, 0.2) is 47.4 Å². The van der Waals surface area contributed by atoms with Crippen molar-refractivity contribution in [3.8, 4) is 17.1 Å². The fourth-order valence-electron chi connectivity index (χ4n) is 2.51. The Morgan fingerprint density at radius 1 is 1.03 bits per heavy atom. The summed E-state index contributed by atoms with van der Waals surface area (Å²) in [6.45, 7) is 3.83. The monoisotopic (exact) mass is 417 g/mol. The van der Waals surface area contributed by atoms with Gasteiger partial charge in [-0.3, -0.25) is 0 Å². The van der Waals surface area contributed by atoms with Gasteiger partial charge >= 0.3 is 0 Å². The number of aromatic nitrogens is 3. The lowest BCUT2D eigenvalue weighted by molar-refractivity contribution is 0.475. The lowest BCUT2D eigenvalue weighted by Crippen LogP contribution is -2.14. The molecule has 3 N–H and O–H groups in total. The van der Waals surface area contributed by atoms with Gasteiger partial charge in [0.1, 0.15) is 11.6 Å². The molecule has 0 bridgehead atoms. The molecule has 2 aromatic carbocycles. The Morgan fingerprint density at radius 2 is 1.76 bits per heavy atom. The maximum absolute atomic E-state index is 13.9. The van der Waals surface area contributed by atoms with Gasteiger partial charge in [-0.05, 0) is 44.2 Å². The second-order valence-electron chi connectivity index (χ2n) is 6.73. The Bertz CT molecular complexity index is 1150. The molecule has 0 aliphatic carbocycles. The van der Waals surface area contributed by atoms with Crippen LogP contribution in [0.3, 0.4) is 0 Å². The van der Waals surface area contributed by atoms with Crippen molar-refractivity contribution < 1.29 is 17.9 Å². The van der Waals surface area contributed by atoms with Crippen molar-refractivity contribution in [2.75, 3.05) is 16.9 Å². The molecule has 0 unspecified atom stereocenters. The fraction of sp³-hybridized carbons (Fsp3) is 0.211. The minimum Gasteiger partial charge on any atom is -0.508 e. The molecule has 0 spiro atoms. The van der Waals surface area contributed by atoms with E-state index in [4.69, 9.17) is 0 Å². The van der Waals surface area contributed by atoms with Gasteiger partial charge in [-0.25, -0.2) is 12.8 Å². The molecular formula is C19H20FN5O3S. The lowest BCUT2D eigenvalue weighted by Gasteiger charge is -2.13. The summed E-state index contributed by atoms with van der Waals surface area (Å²) in [5.74, 6) is -0.0136. The summed E-state index contributed by atoms with van der Waals surface area (Å²) < 4.78 is 37.4. The molecule has 10 heteroatoms. The first-order chi connectivity index (χ1) is 13.6. The molecular weight excluding hydrogens is 397 g/mol. The summed E-state index contributed by atoms with van der Waals surface area (Å²) in [5.41, 5.74) is 0.729. The van der Waals surface area contributed by atoms with Crippen LogP contribution >= 0.6 is 0 Å². The minimum absolute atomic E-state index is 0.0354. The zero-order chi connectivity index (χ0) is 21.2. The summed E-state index contributed by atoms with van der Waals surface area (Å²) in [6.07, 6.45) is 0.999. The number of hydrogen-bond donors (Lipinski definition) is 3. The third kappa shape index (κ3) is 5.38. The summed E-state index contributed by atoms with van der Waals surface area (Å²) in [4.78, 5) is 12.8. The molecule has 0 saturated carbocycles. The van der Waals surface area contributed by atoms with Crippen LogP contribution in [-0.4, -0.2) is 40.8 Å². The van der Waals surface area contributed by atoms with Gasteiger partial charge in [-0.2, -0.15) is 15.0 Å². The van der Waals surface area contributed by atoms with Crippen LogP contribution in [0.2, 0.25) is 0 Å². The largest absolute Gasteiger partial charge is 0.508 e. The molecule has 8 nitrogen and oxygen atoms in total. The van der Waals surface area contributed by atoms with Gasteiger partial charge in [0.05, 0.1) is 4.90 Å². The molecule has 1 aromatic heterocycles. The number of rotatable bonds is 6. The van der Waals surface area contributed by atoms with Gasteiger partial charge in [0.25, 0.3) is 0 Å². The highest BCUT2D eigenvalue weighted by Crippen LogP contribution is 2.25. The van der Waals surface area contributed by atoms with Gasteiger partial charge in [0.2, 0.25) is 11.9 Å². The SMILES string of the molecule is CC(C)Nc1nc(Nc2cc(F)cc(S(C)(=O)=O)c2)nc(-c2cccc(O)c2)n1. The van der Waals surface area contributed by atoms with Crippen LogP contribution in [0, 0.1) is 5.82 Å². The highest BCUT2D eigenvalue weighted by Gasteiger charge is 2.14. The number of aromatic hydroxyl groups is 1. The Morgan fingerprint density at radius 3 is 2.41 bits per heavy atom. The minimum atomic E-state index is -3.59. The van der Waals surface area contributed by atoms with E-state index in [-0.39, 0.29) is 40.1 Å². The number of halogens is 1. The molecule has 1 heterocycles. The summed E-state index contributed by atoms with van der Waals surface area (Å²) in [6, 6.07) is 9.82. The zero-order valence-corrected chi connectivity index (χ0v) is 16.8. The Labute approximate surface area is 167 Å². The molecule has 29 heavy (non-hydrogen) atoms. The number of sulfone groups is 1. The quantitative estimate of drug-likeness (QED) is 0.559. The molecule has 0 saturated heterocycles. The van der Waals surface area contributed by atoms with Crippen molar-refractivity contribution >= 4 is 27.4 Å². The topological polar surface area (TPSA) is 117 Å². The van der Waals surface area contributed by atoms with Crippen molar-refractivity contribution in [2.24, 2.45) is 0 Å². The third-order valence-corrected chi connectivity index (χ3v) is 4.81. The van der Waals surface area contributed by atoms with Gasteiger partial charge < -0.3 is 15.7 Å². The van der Waals surface area contributed by atoms with Crippen LogP contribution in [0.5, 0.6) is 5.75 Å². The summed E-state index contributed by atoms with van der Waals surface area (Å²) in [5, 5.41) is 15.6. The molecule has 3 rings (SSSR count). The smallest absolute Gasteiger partial charge is 0.232 e. The standard InChI is InChI=1S/C19H20FN5O3S/c1-11(2)21-18-23-17(12-5-4-6-15(26)7-12)24-19(25-18)22-14-8-13(20)9-16(10-14)29(3,27)28/h4-11,26H,1-3H3,(H2,21,22,23,24,25). The van der Waals surface area contributed by atoms with E-state index in [1.54, 1.807) is 12.1 Å². The van der Waals surface area contributed by atoms with E-state index in [9.17, 15) is 17.9 Å². The first kappa shape index (κ1) is 20.5. The summed E-state index contributed by atoms with van der Waals surface area (Å²) >= 11 is 0. The van der Waals surface area contributed by atoms with Crippen LogP contribution < -0.4 is 10.6 Å². The van der Waals surface area contributed by atoms with Crippen LogP contribution in [0.1, 0.15) is 13.8 Å². The normalized spacial score (nSPS) is 11.5. The lowest BCUT2D eigenvalue weighted by atomic mass is 10.2. The molecule has 152 valence electrons. The number of phenolic OH excluding ortho intramolecular Hbond substituents is 1. The van der Waals surface area contributed by atoms with Crippen LogP contribution in [0.4, 0.5) is 22.0 Å². The van der Waals surface area contributed by atoms with Gasteiger partial charge in [-0.1, -0.05) is 12.1 Å². The van der Waals surface area contributed by atoms with Crippen molar-refractivity contribution in [1.82, 2.24) is 15.0 Å². The molecule has 0 atom stereocenters. The van der Waals surface area contributed by atoms with Gasteiger partial charge in [-0.15, -0.1) is 0 Å². The Hall–Kier alpha value is -3.27. The van der Waals surface area contributed by atoms with E-state index in [2.05, 4.69) is 25.6 Å². The molecule has 0 radical (unpaired) electrons. The fourth-order valence-corrected chi connectivity index (χ4v) is 3.17. The maximum Gasteiger partial charge on any atom is 0.232 e. The average Bonchev–Trinajstić information content (AvgIpc) is 2.59. The van der Waals surface area contributed by atoms with Crippen molar-refractivity contribution in [3.63, 3.8) is 0 Å². The van der Waals surface area contributed by atoms with E-state index >= 15 is 0 Å². The molecule has 3 aromatic rings. The molecule has 0 aliphatic rings. The molecule has 0 aliphatic heterocycles. The predicted molar refractivity (Wildman–Crippen MR) is 108 cm³/mol. The van der Waals surface area contributed by atoms with E-state index in [1.807, 2.05) is 13.8 Å². The number of hydrogen-bond acceptors (Lipinski definition) is 8. The number of nitrogens with zero attached hydrogens (tertiary/aromatic N) is 3.